The molecule has 0 aliphatic carbocycles. The van der Waals surface area contributed by atoms with E-state index in [0.717, 1.165) is 18.4 Å². The fraction of sp³-hybridized carbons (Fsp3) is 0.571. The summed E-state index contributed by atoms with van der Waals surface area (Å²) in [4.78, 5) is 2.01. The van der Waals surface area contributed by atoms with Crippen molar-refractivity contribution in [2.45, 2.75) is 45.7 Å². The smallest absolute Gasteiger partial charge is 0.146 e. The number of hydrogen-bond donors (Lipinski definition) is 1. The molecule has 0 saturated heterocycles. The predicted molar refractivity (Wildman–Crippen MR) is 71.8 cm³/mol. The summed E-state index contributed by atoms with van der Waals surface area (Å²) in [6.45, 7) is 6.11. The number of hydrogen-bond acceptors (Lipinski definition) is 2. The Hall–Kier alpha value is -1.09. The monoisotopic (exact) mass is 238 g/mol. The maximum absolute atomic E-state index is 14.0. The lowest BCUT2D eigenvalue weighted by molar-refractivity contribution is 0.564. The zero-order valence-corrected chi connectivity index (χ0v) is 11.2. The van der Waals surface area contributed by atoms with Gasteiger partial charge in [0.1, 0.15) is 5.82 Å². The normalized spacial score (nSPS) is 12.9. The first kappa shape index (κ1) is 14.0. The van der Waals surface area contributed by atoms with Gasteiger partial charge in [0.2, 0.25) is 0 Å². The minimum Gasteiger partial charge on any atom is -0.369 e. The van der Waals surface area contributed by atoms with Crippen molar-refractivity contribution in [1.82, 2.24) is 0 Å². The van der Waals surface area contributed by atoms with Crippen LogP contribution in [0.2, 0.25) is 0 Å². The highest BCUT2D eigenvalue weighted by molar-refractivity contribution is 5.49. The average molecular weight is 238 g/mol. The first-order chi connectivity index (χ1) is 8.01. The standard InChI is InChI=1S/C14H23FN2/c1-5-12(6-2)17(4)14-8-7-11(10(3)16)9-13(14)15/h7-10,12H,5-6,16H2,1-4H3/t10-/m0/s1. The molecule has 1 aromatic rings. The van der Waals surface area contributed by atoms with Crippen LogP contribution >= 0.6 is 0 Å². The molecule has 1 atom stereocenters. The van der Waals surface area contributed by atoms with Crippen LogP contribution < -0.4 is 10.6 Å². The molecule has 0 amide bonds. The van der Waals surface area contributed by atoms with Gasteiger partial charge < -0.3 is 10.6 Å². The van der Waals surface area contributed by atoms with E-state index >= 15 is 0 Å². The second kappa shape index (κ2) is 6.01. The van der Waals surface area contributed by atoms with Crippen molar-refractivity contribution >= 4 is 5.69 Å². The van der Waals surface area contributed by atoms with Gasteiger partial charge in [0.25, 0.3) is 0 Å². The molecule has 1 rings (SSSR count). The fourth-order valence-corrected chi connectivity index (χ4v) is 2.13. The lowest BCUT2D eigenvalue weighted by atomic mass is 10.1. The second-order valence-corrected chi connectivity index (χ2v) is 4.58. The van der Waals surface area contributed by atoms with Crippen LogP contribution in [0.1, 0.15) is 45.2 Å². The van der Waals surface area contributed by atoms with Crippen LogP contribution in [-0.2, 0) is 0 Å². The topological polar surface area (TPSA) is 29.3 Å². The summed E-state index contributed by atoms with van der Waals surface area (Å²) in [6.07, 6.45) is 2.03. The summed E-state index contributed by atoms with van der Waals surface area (Å²) in [5.74, 6) is -0.186. The van der Waals surface area contributed by atoms with Crippen LogP contribution in [0.25, 0.3) is 0 Å². The Kier molecular flexibility index (Phi) is 4.94. The van der Waals surface area contributed by atoms with Gasteiger partial charge in [-0.25, -0.2) is 4.39 Å². The molecule has 17 heavy (non-hydrogen) atoms. The molecule has 2 N–H and O–H groups in total. The minimum atomic E-state index is -0.186. The van der Waals surface area contributed by atoms with E-state index in [4.69, 9.17) is 5.73 Å². The summed E-state index contributed by atoms with van der Waals surface area (Å²) < 4.78 is 14.0. The third-order valence-corrected chi connectivity index (χ3v) is 3.37. The Morgan fingerprint density at radius 2 is 1.88 bits per heavy atom. The van der Waals surface area contributed by atoms with Crippen LogP contribution in [0, 0.1) is 5.82 Å². The molecule has 0 unspecified atom stereocenters. The third kappa shape index (κ3) is 3.19. The number of halogens is 1. The summed E-state index contributed by atoms with van der Waals surface area (Å²) in [5.41, 5.74) is 7.23. The number of rotatable bonds is 5. The highest BCUT2D eigenvalue weighted by Gasteiger charge is 2.15. The van der Waals surface area contributed by atoms with Gasteiger partial charge >= 0.3 is 0 Å². The summed E-state index contributed by atoms with van der Waals surface area (Å²) in [7, 11) is 1.95. The highest BCUT2D eigenvalue weighted by Crippen LogP contribution is 2.24. The lowest BCUT2D eigenvalue weighted by Crippen LogP contribution is -2.31. The van der Waals surface area contributed by atoms with E-state index in [-0.39, 0.29) is 11.9 Å². The van der Waals surface area contributed by atoms with Crippen molar-refractivity contribution in [3.05, 3.63) is 29.6 Å². The quantitative estimate of drug-likeness (QED) is 0.851. The Balaban J connectivity index is 2.99. The van der Waals surface area contributed by atoms with Crippen molar-refractivity contribution in [2.24, 2.45) is 5.73 Å². The molecular weight excluding hydrogens is 215 g/mol. The third-order valence-electron chi connectivity index (χ3n) is 3.37. The maximum Gasteiger partial charge on any atom is 0.146 e. The predicted octanol–water partition coefficient (Wildman–Crippen LogP) is 3.47. The van der Waals surface area contributed by atoms with Crippen LogP contribution in [0.15, 0.2) is 18.2 Å². The molecule has 0 heterocycles. The number of anilines is 1. The number of nitrogens with two attached hydrogens (primary N) is 1. The van der Waals surface area contributed by atoms with E-state index in [9.17, 15) is 4.39 Å². The molecule has 1 aromatic carbocycles. The summed E-state index contributed by atoms with van der Waals surface area (Å²) >= 11 is 0. The van der Waals surface area contributed by atoms with Gasteiger partial charge in [0, 0.05) is 19.1 Å². The zero-order valence-electron chi connectivity index (χ0n) is 11.2. The van der Waals surface area contributed by atoms with Gasteiger partial charge in [-0.3, -0.25) is 0 Å². The minimum absolute atomic E-state index is 0.128. The van der Waals surface area contributed by atoms with Crippen molar-refractivity contribution in [2.75, 3.05) is 11.9 Å². The van der Waals surface area contributed by atoms with Crippen LogP contribution in [0.5, 0.6) is 0 Å². The average Bonchev–Trinajstić information content (AvgIpc) is 2.30. The molecule has 3 heteroatoms. The Bertz CT molecular complexity index is 359. The van der Waals surface area contributed by atoms with Crippen LogP contribution in [0.3, 0.4) is 0 Å². The number of nitrogens with zero attached hydrogens (tertiary/aromatic N) is 1. The Morgan fingerprint density at radius 1 is 1.29 bits per heavy atom. The molecule has 0 aliphatic heterocycles. The van der Waals surface area contributed by atoms with Crippen molar-refractivity contribution in [1.29, 1.82) is 0 Å². The van der Waals surface area contributed by atoms with E-state index in [1.165, 1.54) is 0 Å². The van der Waals surface area contributed by atoms with Crippen molar-refractivity contribution < 1.29 is 4.39 Å². The largest absolute Gasteiger partial charge is 0.369 e. The van der Waals surface area contributed by atoms with Gasteiger partial charge in [-0.2, -0.15) is 0 Å². The maximum atomic E-state index is 14.0. The second-order valence-electron chi connectivity index (χ2n) is 4.58. The highest BCUT2D eigenvalue weighted by atomic mass is 19.1. The van der Waals surface area contributed by atoms with E-state index in [0.29, 0.717) is 11.7 Å². The molecule has 96 valence electrons. The summed E-state index contributed by atoms with van der Waals surface area (Å²) in [5, 5.41) is 0. The first-order valence-corrected chi connectivity index (χ1v) is 6.29. The van der Waals surface area contributed by atoms with Gasteiger partial charge in [-0.15, -0.1) is 0 Å². The van der Waals surface area contributed by atoms with E-state index in [1.807, 2.05) is 31.0 Å². The lowest BCUT2D eigenvalue weighted by Gasteiger charge is -2.29. The molecule has 0 fully saturated rings. The zero-order chi connectivity index (χ0) is 13.0. The van der Waals surface area contributed by atoms with Crippen molar-refractivity contribution in [3.8, 4) is 0 Å². The van der Waals surface area contributed by atoms with E-state index in [2.05, 4.69) is 13.8 Å². The van der Waals surface area contributed by atoms with Crippen LogP contribution in [-0.4, -0.2) is 13.1 Å². The molecule has 0 spiro atoms. The number of benzene rings is 1. The molecular formula is C14H23FN2. The van der Waals surface area contributed by atoms with Gasteiger partial charge in [-0.05, 0) is 37.5 Å². The SMILES string of the molecule is CCC(CC)N(C)c1ccc([C@H](C)N)cc1F. The Morgan fingerprint density at radius 3 is 2.29 bits per heavy atom. The molecule has 0 radical (unpaired) electrons. The molecule has 0 bridgehead atoms. The molecule has 0 saturated carbocycles. The first-order valence-electron chi connectivity index (χ1n) is 6.29. The van der Waals surface area contributed by atoms with E-state index < -0.39 is 0 Å². The van der Waals surface area contributed by atoms with E-state index in [1.54, 1.807) is 6.07 Å². The van der Waals surface area contributed by atoms with Gasteiger partial charge in [-0.1, -0.05) is 19.9 Å². The van der Waals surface area contributed by atoms with Gasteiger partial charge in [0.05, 0.1) is 5.69 Å². The summed E-state index contributed by atoms with van der Waals surface area (Å²) in [6, 6.07) is 5.52. The Labute approximate surface area is 104 Å². The molecule has 0 aromatic heterocycles. The molecule has 2 nitrogen and oxygen atoms in total. The van der Waals surface area contributed by atoms with Crippen molar-refractivity contribution in [3.63, 3.8) is 0 Å². The molecule has 0 aliphatic rings. The fourth-order valence-electron chi connectivity index (χ4n) is 2.13. The van der Waals surface area contributed by atoms with Gasteiger partial charge in [0.15, 0.2) is 0 Å². The van der Waals surface area contributed by atoms with Crippen LogP contribution in [0.4, 0.5) is 10.1 Å².